The average Bonchev–Trinajstić information content (AvgIpc) is 3.42. The number of amides is 2. The number of nitrogens with one attached hydrogen (secondary N) is 1. The van der Waals surface area contributed by atoms with Crippen LogP contribution in [0.25, 0.3) is 11.0 Å². The Labute approximate surface area is 217 Å². The number of aliphatic hydroxyl groups is 1. The number of hydrogen-bond donors (Lipinski definition) is 4. The lowest BCUT2D eigenvalue weighted by Crippen LogP contribution is -2.44. The molecule has 4 N–H and O–H groups in total. The van der Waals surface area contributed by atoms with Crippen molar-refractivity contribution < 1.29 is 42.9 Å². The molecule has 2 aromatic heterocycles. The lowest BCUT2D eigenvalue weighted by Gasteiger charge is -2.35. The van der Waals surface area contributed by atoms with E-state index in [2.05, 4.69) is 15.0 Å². The molecule has 0 bridgehead atoms. The summed E-state index contributed by atoms with van der Waals surface area (Å²) >= 11 is 0. The molecule has 14 heteroatoms. The summed E-state index contributed by atoms with van der Waals surface area (Å²) in [5, 5.41) is 28.4. The number of aromatic nitrogens is 3. The van der Waals surface area contributed by atoms with Crippen molar-refractivity contribution in [2.45, 2.75) is 18.4 Å². The van der Waals surface area contributed by atoms with Crippen molar-refractivity contribution in [3.8, 4) is 0 Å². The monoisotopic (exact) mass is 543 g/mol. The second-order valence-corrected chi connectivity index (χ2v) is 8.41. The number of carboxylic acid groups (broad SMARTS) is 2. The Morgan fingerprint density at radius 3 is 2.41 bits per heavy atom. The number of aromatic amines is 1. The zero-order chi connectivity index (χ0) is 28.5. The maximum Gasteiger partial charge on any atom is 0.490 e. The molecule has 39 heavy (non-hydrogen) atoms. The van der Waals surface area contributed by atoms with Gasteiger partial charge in [-0.25, -0.2) is 14.6 Å². The lowest BCUT2D eigenvalue weighted by atomic mass is 9.93. The van der Waals surface area contributed by atoms with Crippen molar-refractivity contribution in [2.24, 2.45) is 0 Å². The number of rotatable bonds is 4. The summed E-state index contributed by atoms with van der Waals surface area (Å²) in [6.07, 6.45) is -2.93. The number of alkyl halides is 3. The van der Waals surface area contributed by atoms with Crippen molar-refractivity contribution in [3.63, 3.8) is 0 Å². The average molecular weight is 543 g/mol. The Kier molecular flexibility index (Phi) is 6.98. The number of fused-ring (bicyclic) bond motifs is 2. The van der Waals surface area contributed by atoms with Gasteiger partial charge < -0.3 is 20.3 Å². The maximum atomic E-state index is 13.3. The third kappa shape index (κ3) is 5.09. The fraction of sp³-hybridized carbons (Fsp3) is 0.160. The third-order valence-electron chi connectivity index (χ3n) is 5.95. The molecule has 1 unspecified atom stereocenters. The molecule has 3 heterocycles. The summed E-state index contributed by atoms with van der Waals surface area (Å²) in [7, 11) is 1.38. The molecule has 4 aromatic rings. The van der Waals surface area contributed by atoms with E-state index in [1.165, 1.54) is 11.9 Å². The first-order valence-corrected chi connectivity index (χ1v) is 11.1. The van der Waals surface area contributed by atoms with Gasteiger partial charge >= 0.3 is 18.2 Å². The van der Waals surface area contributed by atoms with Gasteiger partial charge in [0.2, 0.25) is 5.95 Å². The molecule has 1 aliphatic heterocycles. The number of carbonyl (C=O) groups is 3. The molecule has 0 saturated carbocycles. The quantitative estimate of drug-likeness (QED) is 0.304. The maximum absolute atomic E-state index is 13.3. The molecule has 0 fully saturated rings. The summed E-state index contributed by atoms with van der Waals surface area (Å²) in [4.78, 5) is 47.2. The summed E-state index contributed by atoms with van der Waals surface area (Å²) in [5.41, 5.74) is 1.50. The molecule has 0 aliphatic carbocycles. The van der Waals surface area contributed by atoms with E-state index < -0.39 is 24.0 Å². The minimum absolute atomic E-state index is 0.159. The van der Waals surface area contributed by atoms with Crippen molar-refractivity contribution >= 4 is 35.0 Å². The van der Waals surface area contributed by atoms with Gasteiger partial charge in [0.05, 0.1) is 17.6 Å². The van der Waals surface area contributed by atoms with E-state index in [4.69, 9.17) is 9.90 Å². The molecule has 0 spiro atoms. The zero-order valence-electron chi connectivity index (χ0n) is 20.0. The van der Waals surface area contributed by atoms with Gasteiger partial charge in [0.1, 0.15) is 0 Å². The van der Waals surface area contributed by atoms with Crippen LogP contribution in [0.2, 0.25) is 0 Å². The van der Waals surface area contributed by atoms with Gasteiger partial charge in [-0.2, -0.15) is 13.2 Å². The van der Waals surface area contributed by atoms with E-state index in [0.29, 0.717) is 27.7 Å². The number of carbonyl (C=O) groups excluding carboxylic acids is 1. The van der Waals surface area contributed by atoms with E-state index in [9.17, 15) is 33.0 Å². The molecule has 0 saturated heterocycles. The first-order chi connectivity index (χ1) is 18.3. The molecular formula is C25H20F3N5O6. The third-order valence-corrected chi connectivity index (χ3v) is 5.95. The minimum atomic E-state index is -5.08. The summed E-state index contributed by atoms with van der Waals surface area (Å²) in [6.45, 7) is 0.159. The number of benzene rings is 2. The van der Waals surface area contributed by atoms with E-state index in [-0.39, 0.29) is 18.4 Å². The van der Waals surface area contributed by atoms with Crippen LogP contribution in [-0.4, -0.2) is 66.4 Å². The van der Waals surface area contributed by atoms with Crippen LogP contribution in [0, 0.1) is 0 Å². The second-order valence-electron chi connectivity index (χ2n) is 8.41. The van der Waals surface area contributed by atoms with Crippen LogP contribution >= 0.6 is 0 Å². The standard InChI is InChI=1S/C23H19N5O4.C2HF3O2/c1-27(22(30)31)21-25-18-9-8-15(11-19(18)26-21)23(32)17-7-3-2-6-16(17)20(29)28(23)13-14-5-4-10-24-12-14;3-2(4,5)1(6)7/h2-12,32H,13H2,1H3,(H,25,26)(H,30,31);(H,6,7). The highest BCUT2D eigenvalue weighted by Crippen LogP contribution is 2.43. The number of anilines is 1. The Hall–Kier alpha value is -4.98. The molecular weight excluding hydrogens is 523 g/mol. The molecule has 1 atom stereocenters. The van der Waals surface area contributed by atoms with E-state index >= 15 is 0 Å². The zero-order valence-corrected chi connectivity index (χ0v) is 20.0. The first-order valence-electron chi connectivity index (χ1n) is 11.1. The SMILES string of the molecule is CN(C(=O)O)c1nc2ccc(C3(O)c4ccccc4C(=O)N3Cc3cccnc3)cc2[nH]1.O=C(O)C(F)(F)F. The molecule has 2 amide bonds. The number of H-pyrrole nitrogens is 1. The van der Waals surface area contributed by atoms with E-state index in [0.717, 1.165) is 10.5 Å². The summed E-state index contributed by atoms with van der Waals surface area (Å²) in [5.74, 6) is -2.89. The Morgan fingerprint density at radius 2 is 1.79 bits per heavy atom. The predicted molar refractivity (Wildman–Crippen MR) is 130 cm³/mol. The largest absolute Gasteiger partial charge is 0.490 e. The fourth-order valence-corrected chi connectivity index (χ4v) is 4.05. The molecule has 0 radical (unpaired) electrons. The number of pyridine rings is 1. The smallest absolute Gasteiger partial charge is 0.475 e. The van der Waals surface area contributed by atoms with E-state index in [1.54, 1.807) is 60.9 Å². The summed E-state index contributed by atoms with van der Waals surface area (Å²) < 4.78 is 31.7. The van der Waals surface area contributed by atoms with E-state index in [1.807, 2.05) is 6.07 Å². The van der Waals surface area contributed by atoms with Crippen LogP contribution in [0.15, 0.2) is 67.0 Å². The van der Waals surface area contributed by atoms with Crippen LogP contribution in [0.3, 0.4) is 0 Å². The number of imidazole rings is 1. The second kappa shape index (κ2) is 10.1. The van der Waals surface area contributed by atoms with Crippen LogP contribution < -0.4 is 4.90 Å². The Bertz CT molecular complexity index is 1560. The molecule has 202 valence electrons. The normalized spacial score (nSPS) is 16.4. The van der Waals surface area contributed by atoms with Crippen molar-refractivity contribution in [2.75, 3.05) is 11.9 Å². The highest BCUT2D eigenvalue weighted by Gasteiger charge is 2.49. The van der Waals surface area contributed by atoms with Gasteiger partial charge in [-0.3, -0.25) is 19.6 Å². The molecule has 1 aliphatic rings. The lowest BCUT2D eigenvalue weighted by molar-refractivity contribution is -0.192. The van der Waals surface area contributed by atoms with Crippen molar-refractivity contribution in [1.82, 2.24) is 19.9 Å². The van der Waals surface area contributed by atoms with Crippen molar-refractivity contribution in [3.05, 3.63) is 89.2 Å². The number of carboxylic acids is 1. The minimum Gasteiger partial charge on any atom is -0.475 e. The fourth-order valence-electron chi connectivity index (χ4n) is 4.05. The Balaban J connectivity index is 0.000000448. The van der Waals surface area contributed by atoms with Crippen LogP contribution in [0.5, 0.6) is 0 Å². The van der Waals surface area contributed by atoms with Crippen molar-refractivity contribution in [1.29, 1.82) is 0 Å². The van der Waals surface area contributed by atoms with Gasteiger partial charge in [0.15, 0.2) is 5.72 Å². The number of nitrogens with zero attached hydrogens (tertiary/aromatic N) is 4. The predicted octanol–water partition coefficient (Wildman–Crippen LogP) is 3.55. The van der Waals surface area contributed by atoms with Gasteiger partial charge in [-0.1, -0.05) is 30.3 Å². The Morgan fingerprint density at radius 1 is 1.10 bits per heavy atom. The molecule has 5 rings (SSSR count). The van der Waals surface area contributed by atoms with Crippen LogP contribution in [0.1, 0.15) is 27.0 Å². The van der Waals surface area contributed by atoms with Crippen LogP contribution in [0.4, 0.5) is 23.9 Å². The highest BCUT2D eigenvalue weighted by molar-refractivity contribution is 6.00. The van der Waals surface area contributed by atoms with Crippen LogP contribution in [-0.2, 0) is 17.1 Å². The summed E-state index contributed by atoms with van der Waals surface area (Å²) in [6, 6.07) is 15.7. The molecule has 2 aromatic carbocycles. The number of hydrogen-bond acceptors (Lipinski definition) is 6. The first kappa shape index (κ1) is 27.1. The topological polar surface area (TPSA) is 160 Å². The van der Waals surface area contributed by atoms with Gasteiger partial charge in [0, 0.05) is 36.1 Å². The van der Waals surface area contributed by atoms with Gasteiger partial charge in [-0.05, 0) is 29.8 Å². The number of aliphatic carboxylic acids is 1. The highest BCUT2D eigenvalue weighted by atomic mass is 19.4. The van der Waals surface area contributed by atoms with Gasteiger partial charge in [-0.15, -0.1) is 0 Å². The molecule has 11 nitrogen and oxygen atoms in total. The van der Waals surface area contributed by atoms with Gasteiger partial charge in [0.25, 0.3) is 5.91 Å². The number of halogens is 3.